The fourth-order valence-electron chi connectivity index (χ4n) is 3.23. The van der Waals surface area contributed by atoms with Gasteiger partial charge in [-0.2, -0.15) is 0 Å². The molecule has 4 aromatic rings. The van der Waals surface area contributed by atoms with E-state index in [2.05, 4.69) is 4.72 Å². The monoisotopic (exact) mass is 439 g/mol. The predicted molar refractivity (Wildman–Crippen MR) is 121 cm³/mol. The second-order valence-corrected chi connectivity index (χ2v) is 9.87. The van der Waals surface area contributed by atoms with Gasteiger partial charge in [0.1, 0.15) is 0 Å². The van der Waals surface area contributed by atoms with E-state index in [0.29, 0.717) is 16.1 Å². The fraction of sp³-hybridized carbons (Fsp3) is 0.136. The van der Waals surface area contributed by atoms with Crippen LogP contribution >= 0.6 is 11.8 Å². The second kappa shape index (κ2) is 7.70. The van der Waals surface area contributed by atoms with Crippen molar-refractivity contribution in [3.05, 3.63) is 82.8 Å². The van der Waals surface area contributed by atoms with Crippen LogP contribution in [0.3, 0.4) is 0 Å². The number of anilines is 1. The third kappa shape index (κ3) is 3.76. The zero-order valence-electron chi connectivity index (χ0n) is 16.8. The second-order valence-electron chi connectivity index (χ2n) is 7.07. The van der Waals surface area contributed by atoms with Crippen molar-refractivity contribution in [2.45, 2.75) is 21.6 Å². The van der Waals surface area contributed by atoms with Gasteiger partial charge in [0.05, 0.1) is 21.6 Å². The maximum Gasteiger partial charge on any atom is 0.328 e. The Hall–Kier alpha value is -2.97. The molecule has 154 valence electrons. The minimum absolute atomic E-state index is 0.167. The van der Waals surface area contributed by atoms with Crippen LogP contribution in [0, 0.1) is 6.92 Å². The number of imidazole rings is 1. The minimum Gasteiger partial charge on any atom is -0.295 e. The van der Waals surface area contributed by atoms with Crippen LogP contribution in [0.1, 0.15) is 5.56 Å². The molecule has 0 saturated heterocycles. The van der Waals surface area contributed by atoms with Crippen molar-refractivity contribution in [1.82, 2.24) is 9.13 Å². The first-order valence-electron chi connectivity index (χ1n) is 9.28. The molecular weight excluding hydrogens is 418 g/mol. The molecule has 0 aliphatic carbocycles. The van der Waals surface area contributed by atoms with Gasteiger partial charge in [0, 0.05) is 23.9 Å². The summed E-state index contributed by atoms with van der Waals surface area (Å²) in [6.45, 7) is 2.01. The van der Waals surface area contributed by atoms with Crippen molar-refractivity contribution in [3.8, 4) is 0 Å². The van der Waals surface area contributed by atoms with Crippen molar-refractivity contribution in [2.75, 3.05) is 4.72 Å². The first-order valence-corrected chi connectivity index (χ1v) is 11.6. The highest BCUT2D eigenvalue weighted by Gasteiger charge is 2.19. The number of aryl methyl sites for hydroxylation is 3. The molecule has 0 saturated carbocycles. The first kappa shape index (κ1) is 20.3. The van der Waals surface area contributed by atoms with Crippen LogP contribution in [-0.2, 0) is 24.1 Å². The summed E-state index contributed by atoms with van der Waals surface area (Å²) in [5, 5.41) is 0. The molecule has 30 heavy (non-hydrogen) atoms. The van der Waals surface area contributed by atoms with Gasteiger partial charge in [-0.3, -0.25) is 13.9 Å². The van der Waals surface area contributed by atoms with Crippen LogP contribution < -0.4 is 10.4 Å². The molecule has 1 heterocycles. The molecule has 8 heteroatoms. The topological polar surface area (TPSA) is 73.1 Å². The number of sulfonamides is 1. The maximum absolute atomic E-state index is 12.9. The summed E-state index contributed by atoms with van der Waals surface area (Å²) < 4.78 is 31.7. The molecule has 0 spiro atoms. The average molecular weight is 440 g/mol. The van der Waals surface area contributed by atoms with Crippen LogP contribution in [0.2, 0.25) is 0 Å². The summed E-state index contributed by atoms with van der Waals surface area (Å²) in [5.41, 5.74) is 2.80. The van der Waals surface area contributed by atoms with Crippen LogP contribution in [0.15, 0.2) is 86.2 Å². The summed E-state index contributed by atoms with van der Waals surface area (Å²) in [5.74, 6) is 0. The number of benzene rings is 3. The van der Waals surface area contributed by atoms with Crippen molar-refractivity contribution < 1.29 is 8.42 Å². The van der Waals surface area contributed by atoms with E-state index in [-0.39, 0.29) is 10.6 Å². The number of hydrogen-bond acceptors (Lipinski definition) is 4. The van der Waals surface area contributed by atoms with E-state index in [4.69, 9.17) is 0 Å². The lowest BCUT2D eigenvalue weighted by molar-refractivity contribution is 0.601. The highest BCUT2D eigenvalue weighted by molar-refractivity contribution is 7.99. The lowest BCUT2D eigenvalue weighted by atomic mass is 10.2. The zero-order valence-corrected chi connectivity index (χ0v) is 18.4. The highest BCUT2D eigenvalue weighted by atomic mass is 32.2. The van der Waals surface area contributed by atoms with Crippen LogP contribution in [-0.4, -0.2) is 17.6 Å². The van der Waals surface area contributed by atoms with Gasteiger partial charge in [-0.25, -0.2) is 13.2 Å². The number of aromatic nitrogens is 2. The lowest BCUT2D eigenvalue weighted by Gasteiger charge is -2.14. The third-order valence-electron chi connectivity index (χ3n) is 4.92. The Kier molecular flexibility index (Phi) is 5.21. The van der Waals surface area contributed by atoms with Gasteiger partial charge in [0.25, 0.3) is 10.0 Å². The van der Waals surface area contributed by atoms with Crippen LogP contribution in [0.5, 0.6) is 0 Å². The molecule has 1 aromatic heterocycles. The van der Waals surface area contributed by atoms with E-state index in [1.54, 1.807) is 55.1 Å². The lowest BCUT2D eigenvalue weighted by Crippen LogP contribution is -2.19. The molecule has 0 amide bonds. The Labute approximate surface area is 179 Å². The number of rotatable bonds is 5. The van der Waals surface area contributed by atoms with E-state index in [1.807, 2.05) is 37.3 Å². The SMILES string of the molecule is Cc1ccc(Sc2cc3c(cc2NS(=O)(=O)c2ccccc2)n(C)c(=O)n3C)cc1. The summed E-state index contributed by atoms with van der Waals surface area (Å²) >= 11 is 1.45. The average Bonchev–Trinajstić information content (AvgIpc) is 2.94. The van der Waals surface area contributed by atoms with Gasteiger partial charge in [-0.15, -0.1) is 0 Å². The standard InChI is InChI=1S/C22H21N3O3S2/c1-15-9-11-16(12-10-15)29-21-14-20-19(24(2)22(26)25(20)3)13-18(21)23-30(27,28)17-7-5-4-6-8-17/h4-14,23H,1-3H3. The van der Waals surface area contributed by atoms with Gasteiger partial charge in [0.15, 0.2) is 0 Å². The number of nitrogens with one attached hydrogen (secondary N) is 1. The van der Waals surface area contributed by atoms with Gasteiger partial charge < -0.3 is 0 Å². The normalized spacial score (nSPS) is 11.7. The smallest absolute Gasteiger partial charge is 0.295 e. The van der Waals surface area contributed by atoms with Gasteiger partial charge in [-0.05, 0) is 43.3 Å². The first-order chi connectivity index (χ1) is 14.3. The van der Waals surface area contributed by atoms with E-state index in [0.717, 1.165) is 16.0 Å². The molecule has 0 radical (unpaired) electrons. The van der Waals surface area contributed by atoms with E-state index in [9.17, 15) is 13.2 Å². The Balaban J connectivity index is 1.86. The maximum atomic E-state index is 12.9. The molecule has 0 fully saturated rings. The molecular formula is C22H21N3O3S2. The highest BCUT2D eigenvalue weighted by Crippen LogP contribution is 2.37. The van der Waals surface area contributed by atoms with E-state index >= 15 is 0 Å². The molecule has 0 atom stereocenters. The van der Waals surface area contributed by atoms with Gasteiger partial charge in [0.2, 0.25) is 0 Å². The summed E-state index contributed by atoms with van der Waals surface area (Å²) in [6, 6.07) is 19.8. The van der Waals surface area contributed by atoms with E-state index in [1.165, 1.54) is 16.3 Å². The van der Waals surface area contributed by atoms with E-state index < -0.39 is 10.0 Å². The molecule has 0 aliphatic rings. The predicted octanol–water partition coefficient (Wildman–Crippen LogP) is 4.14. The molecule has 4 rings (SSSR count). The molecule has 0 unspecified atom stereocenters. The van der Waals surface area contributed by atoms with Crippen molar-refractivity contribution >= 4 is 38.5 Å². The number of nitrogens with zero attached hydrogens (tertiary/aromatic N) is 2. The van der Waals surface area contributed by atoms with Crippen molar-refractivity contribution in [2.24, 2.45) is 14.1 Å². The molecule has 3 aromatic carbocycles. The Morgan fingerprint density at radius 1 is 0.867 bits per heavy atom. The Bertz CT molecular complexity index is 1390. The number of hydrogen-bond donors (Lipinski definition) is 1. The summed E-state index contributed by atoms with van der Waals surface area (Å²) in [6.07, 6.45) is 0. The van der Waals surface area contributed by atoms with Crippen molar-refractivity contribution in [1.29, 1.82) is 0 Å². The minimum atomic E-state index is -3.78. The zero-order chi connectivity index (χ0) is 21.5. The van der Waals surface area contributed by atoms with Gasteiger partial charge in [-0.1, -0.05) is 47.7 Å². The molecule has 0 aliphatic heterocycles. The Morgan fingerprint density at radius 2 is 1.47 bits per heavy atom. The molecule has 1 N–H and O–H groups in total. The van der Waals surface area contributed by atoms with Crippen LogP contribution in [0.25, 0.3) is 11.0 Å². The molecule has 6 nitrogen and oxygen atoms in total. The van der Waals surface area contributed by atoms with Crippen molar-refractivity contribution in [3.63, 3.8) is 0 Å². The largest absolute Gasteiger partial charge is 0.328 e. The number of fused-ring (bicyclic) bond motifs is 1. The van der Waals surface area contributed by atoms with Crippen LogP contribution in [0.4, 0.5) is 5.69 Å². The quantitative estimate of drug-likeness (QED) is 0.507. The third-order valence-corrected chi connectivity index (χ3v) is 7.37. The molecule has 0 bridgehead atoms. The van der Waals surface area contributed by atoms with Gasteiger partial charge >= 0.3 is 5.69 Å². The Morgan fingerprint density at radius 3 is 2.10 bits per heavy atom. The fourth-order valence-corrected chi connectivity index (χ4v) is 5.30. The summed E-state index contributed by atoms with van der Waals surface area (Å²) in [7, 11) is -0.396. The summed E-state index contributed by atoms with van der Waals surface area (Å²) in [4.78, 5) is 14.3.